The van der Waals surface area contributed by atoms with Crippen LogP contribution < -0.4 is 0 Å². The van der Waals surface area contributed by atoms with Gasteiger partial charge in [0.25, 0.3) is 0 Å². The topological polar surface area (TPSA) is 37.3 Å². The normalized spacial score (nSPS) is 55.6. The van der Waals surface area contributed by atoms with Gasteiger partial charge in [0.05, 0.1) is 12.0 Å². The van der Waals surface area contributed by atoms with Crippen LogP contribution in [0.4, 0.5) is 0 Å². The Balaban J connectivity index is 1.56. The quantitative estimate of drug-likeness (QED) is 0.749. The SMILES string of the molecule is C[C@]12CCCCC1=CC[C@H]1[C@@H]3[C@H]4C[C@H]4C(=O)[C@@]3(CO)CC[C@@H]12. The molecule has 0 spiro atoms. The first kappa shape index (κ1) is 13.8. The Kier molecular flexibility index (Phi) is 2.67. The number of carbonyl (C=O) groups is 1. The number of allylic oxidation sites excluding steroid dienone is 2. The first-order valence-corrected chi connectivity index (χ1v) is 9.46. The van der Waals surface area contributed by atoms with Crippen molar-refractivity contribution in [2.45, 2.75) is 58.3 Å². The van der Waals surface area contributed by atoms with Crippen molar-refractivity contribution >= 4 is 5.78 Å². The maximum atomic E-state index is 12.8. The van der Waals surface area contributed by atoms with E-state index >= 15 is 0 Å². The van der Waals surface area contributed by atoms with Crippen LogP contribution in [0.2, 0.25) is 0 Å². The third-order valence-corrected chi connectivity index (χ3v) is 8.51. The van der Waals surface area contributed by atoms with Crippen LogP contribution in [0.5, 0.6) is 0 Å². The molecule has 0 amide bonds. The number of ketones is 1. The summed E-state index contributed by atoms with van der Waals surface area (Å²) in [5.74, 6) is 3.30. The van der Waals surface area contributed by atoms with E-state index in [1.807, 2.05) is 0 Å². The highest BCUT2D eigenvalue weighted by Gasteiger charge is 2.71. The fourth-order valence-electron chi connectivity index (χ4n) is 7.41. The smallest absolute Gasteiger partial charge is 0.144 e. The van der Waals surface area contributed by atoms with Gasteiger partial charge in [0.1, 0.15) is 5.78 Å². The van der Waals surface area contributed by atoms with Gasteiger partial charge >= 0.3 is 0 Å². The van der Waals surface area contributed by atoms with E-state index in [2.05, 4.69) is 13.0 Å². The lowest BCUT2D eigenvalue weighted by molar-refractivity contribution is -0.141. The molecule has 0 saturated heterocycles. The van der Waals surface area contributed by atoms with Gasteiger partial charge in [-0.1, -0.05) is 25.0 Å². The Morgan fingerprint density at radius 1 is 1.27 bits per heavy atom. The lowest BCUT2D eigenvalue weighted by Crippen LogP contribution is -2.53. The van der Waals surface area contributed by atoms with Gasteiger partial charge in [-0.25, -0.2) is 0 Å². The average Bonchev–Trinajstić information content (AvgIpc) is 3.28. The van der Waals surface area contributed by atoms with Crippen LogP contribution in [0.3, 0.4) is 0 Å². The largest absolute Gasteiger partial charge is 0.395 e. The zero-order valence-electron chi connectivity index (χ0n) is 13.7. The second-order valence-corrected chi connectivity index (χ2v) is 9.11. The summed E-state index contributed by atoms with van der Waals surface area (Å²) in [6.45, 7) is 2.63. The number of rotatable bonds is 1. The third kappa shape index (κ3) is 1.44. The van der Waals surface area contributed by atoms with Gasteiger partial charge in [-0.05, 0) is 74.0 Å². The highest BCUT2D eigenvalue weighted by molar-refractivity contribution is 5.93. The van der Waals surface area contributed by atoms with Gasteiger partial charge in [-0.2, -0.15) is 0 Å². The monoisotopic (exact) mass is 300 g/mol. The predicted molar refractivity (Wildman–Crippen MR) is 85.1 cm³/mol. The Labute approximate surface area is 133 Å². The molecule has 0 heterocycles. The number of Topliss-reactive ketones (excluding diaryl/α,β-unsaturated/α-hetero) is 1. The highest BCUT2D eigenvalue weighted by atomic mass is 16.3. The molecule has 0 aliphatic heterocycles. The van der Waals surface area contributed by atoms with E-state index in [9.17, 15) is 9.90 Å². The fourth-order valence-corrected chi connectivity index (χ4v) is 7.41. The van der Waals surface area contributed by atoms with Crippen molar-refractivity contribution in [1.29, 1.82) is 0 Å². The molecule has 4 fully saturated rings. The minimum Gasteiger partial charge on any atom is -0.395 e. The summed E-state index contributed by atoms with van der Waals surface area (Å²) >= 11 is 0. The second-order valence-electron chi connectivity index (χ2n) is 9.11. The fraction of sp³-hybridized carbons (Fsp3) is 0.850. The first-order valence-electron chi connectivity index (χ1n) is 9.46. The van der Waals surface area contributed by atoms with Crippen LogP contribution in [0.15, 0.2) is 11.6 Å². The van der Waals surface area contributed by atoms with E-state index in [0.717, 1.165) is 18.8 Å². The molecule has 22 heavy (non-hydrogen) atoms. The summed E-state index contributed by atoms with van der Waals surface area (Å²) < 4.78 is 0. The zero-order chi connectivity index (χ0) is 15.1. The van der Waals surface area contributed by atoms with Gasteiger partial charge in [0.2, 0.25) is 0 Å². The molecule has 0 aromatic carbocycles. The van der Waals surface area contributed by atoms with Crippen LogP contribution >= 0.6 is 0 Å². The number of fused-ring (bicyclic) bond motifs is 7. The van der Waals surface area contributed by atoms with E-state index in [-0.39, 0.29) is 12.0 Å². The molecule has 5 aliphatic rings. The van der Waals surface area contributed by atoms with E-state index in [1.54, 1.807) is 5.57 Å². The Bertz CT molecular complexity index is 564. The molecule has 1 N–H and O–H groups in total. The molecule has 2 heteroatoms. The predicted octanol–water partition coefficient (Wildman–Crippen LogP) is 3.74. The van der Waals surface area contributed by atoms with Gasteiger partial charge in [-0.15, -0.1) is 0 Å². The van der Waals surface area contributed by atoms with Gasteiger partial charge < -0.3 is 5.11 Å². The van der Waals surface area contributed by atoms with Crippen LogP contribution in [0.25, 0.3) is 0 Å². The molecule has 5 aliphatic carbocycles. The molecule has 0 aromatic heterocycles. The maximum absolute atomic E-state index is 12.8. The molecule has 0 radical (unpaired) electrons. The number of hydrogen-bond donors (Lipinski definition) is 1. The van der Waals surface area contributed by atoms with Crippen molar-refractivity contribution in [3.05, 3.63) is 11.6 Å². The van der Waals surface area contributed by atoms with Crippen molar-refractivity contribution in [3.63, 3.8) is 0 Å². The molecule has 7 atom stereocenters. The summed E-state index contributed by atoms with van der Waals surface area (Å²) in [7, 11) is 0. The van der Waals surface area contributed by atoms with E-state index in [1.165, 1.54) is 38.5 Å². The molecule has 2 nitrogen and oxygen atoms in total. The van der Waals surface area contributed by atoms with Crippen molar-refractivity contribution in [2.24, 2.45) is 40.4 Å². The molecule has 4 saturated carbocycles. The van der Waals surface area contributed by atoms with E-state index < -0.39 is 0 Å². The van der Waals surface area contributed by atoms with Gasteiger partial charge in [-0.3, -0.25) is 4.79 Å². The number of aliphatic hydroxyl groups excluding tert-OH is 1. The molecule has 0 aromatic rings. The molecular formula is C20H28O2. The Morgan fingerprint density at radius 2 is 2.14 bits per heavy atom. The third-order valence-electron chi connectivity index (χ3n) is 8.51. The number of hydrogen-bond acceptors (Lipinski definition) is 2. The van der Waals surface area contributed by atoms with Crippen LogP contribution in [-0.2, 0) is 4.79 Å². The Morgan fingerprint density at radius 3 is 2.95 bits per heavy atom. The van der Waals surface area contributed by atoms with E-state index in [4.69, 9.17) is 0 Å². The van der Waals surface area contributed by atoms with Crippen LogP contribution in [0.1, 0.15) is 58.3 Å². The van der Waals surface area contributed by atoms with Crippen LogP contribution in [-0.4, -0.2) is 17.5 Å². The maximum Gasteiger partial charge on any atom is 0.144 e. The lowest BCUT2D eigenvalue weighted by Gasteiger charge is -2.57. The van der Waals surface area contributed by atoms with Crippen molar-refractivity contribution in [1.82, 2.24) is 0 Å². The zero-order valence-corrected chi connectivity index (χ0v) is 13.7. The Hall–Kier alpha value is -0.630. The molecule has 0 bridgehead atoms. The summed E-state index contributed by atoms with van der Waals surface area (Å²) in [5, 5.41) is 10.1. The number of aliphatic hydroxyl groups is 1. The van der Waals surface area contributed by atoms with E-state index in [0.29, 0.717) is 34.9 Å². The van der Waals surface area contributed by atoms with Gasteiger partial charge in [0.15, 0.2) is 0 Å². The van der Waals surface area contributed by atoms with Gasteiger partial charge in [0, 0.05) is 5.92 Å². The molecule has 5 rings (SSSR count). The average molecular weight is 300 g/mol. The van der Waals surface area contributed by atoms with Crippen LogP contribution in [0, 0.1) is 40.4 Å². The first-order chi connectivity index (χ1) is 10.6. The summed E-state index contributed by atoms with van der Waals surface area (Å²) in [5.41, 5.74) is 1.79. The summed E-state index contributed by atoms with van der Waals surface area (Å²) in [6, 6.07) is 0. The minimum absolute atomic E-state index is 0.111. The molecular weight excluding hydrogens is 272 g/mol. The van der Waals surface area contributed by atoms with Crippen molar-refractivity contribution in [2.75, 3.05) is 6.61 Å². The second kappa shape index (κ2) is 4.26. The summed E-state index contributed by atoms with van der Waals surface area (Å²) in [6.07, 6.45) is 12.4. The van der Waals surface area contributed by atoms with Crippen molar-refractivity contribution in [3.8, 4) is 0 Å². The summed E-state index contributed by atoms with van der Waals surface area (Å²) in [4.78, 5) is 12.8. The lowest BCUT2D eigenvalue weighted by atomic mass is 9.47. The molecule has 120 valence electrons. The van der Waals surface area contributed by atoms with Crippen molar-refractivity contribution < 1.29 is 9.90 Å². The minimum atomic E-state index is -0.342. The number of carbonyl (C=O) groups excluding carboxylic acids is 1. The molecule has 0 unspecified atom stereocenters. The highest BCUT2D eigenvalue weighted by Crippen LogP contribution is 2.71. The standard InChI is InChI=1S/C20H28O2/c1-19-8-3-2-4-12(19)5-6-13-16(19)7-9-20(11-21)17(13)14-10-15(14)18(20)22/h5,13-17,21H,2-4,6-11H2,1H3/t13-,14+,15-,16+,17-,19+,20-/m1/s1.